The standard InChI is InChI=1S/C22H21N3O3S/c26-21(10-16-3-5-17(6-4-16)18-2-1-9-23-12-18)11-19-13-24-14-20(25-19)15-29(27,28)22-7-8-22/h1-6,9,12-14,22H,7-8,10-11,15H2. The van der Waals surface area contributed by atoms with Crippen LogP contribution in [-0.2, 0) is 33.2 Å². The van der Waals surface area contributed by atoms with Crippen LogP contribution in [0.5, 0.6) is 0 Å². The molecule has 0 spiro atoms. The van der Waals surface area contributed by atoms with E-state index in [9.17, 15) is 13.2 Å². The van der Waals surface area contributed by atoms with Crippen molar-refractivity contribution in [2.75, 3.05) is 0 Å². The van der Waals surface area contributed by atoms with Crippen molar-refractivity contribution in [1.82, 2.24) is 15.0 Å². The number of pyridine rings is 1. The Kier molecular flexibility index (Phi) is 5.49. The van der Waals surface area contributed by atoms with E-state index in [0.717, 1.165) is 29.5 Å². The van der Waals surface area contributed by atoms with Gasteiger partial charge in [0.1, 0.15) is 5.78 Å². The number of rotatable bonds is 8. The molecule has 0 aliphatic heterocycles. The summed E-state index contributed by atoms with van der Waals surface area (Å²) in [6.45, 7) is 0. The number of hydrogen-bond donors (Lipinski definition) is 0. The Morgan fingerprint density at radius 3 is 2.34 bits per heavy atom. The lowest BCUT2D eigenvalue weighted by Crippen LogP contribution is -2.13. The number of aromatic nitrogens is 3. The molecule has 3 aromatic rings. The van der Waals surface area contributed by atoms with Crippen LogP contribution in [0.2, 0.25) is 0 Å². The molecule has 4 rings (SSSR count). The topological polar surface area (TPSA) is 89.9 Å². The number of benzene rings is 1. The summed E-state index contributed by atoms with van der Waals surface area (Å²) in [5.41, 5.74) is 3.90. The molecule has 148 valence electrons. The van der Waals surface area contributed by atoms with Crippen LogP contribution in [0.1, 0.15) is 29.8 Å². The van der Waals surface area contributed by atoms with Gasteiger partial charge in [-0.05, 0) is 35.6 Å². The van der Waals surface area contributed by atoms with E-state index in [4.69, 9.17) is 0 Å². The quantitative estimate of drug-likeness (QED) is 0.570. The molecule has 0 amide bonds. The second-order valence-corrected chi connectivity index (χ2v) is 9.62. The monoisotopic (exact) mass is 407 g/mol. The van der Waals surface area contributed by atoms with Crippen LogP contribution < -0.4 is 0 Å². The fraction of sp³-hybridized carbons (Fsp3) is 0.273. The molecule has 1 aromatic carbocycles. The summed E-state index contributed by atoms with van der Waals surface area (Å²) in [6, 6.07) is 11.7. The molecule has 0 radical (unpaired) electrons. The first kappa shape index (κ1) is 19.4. The molecule has 1 saturated carbocycles. The number of nitrogens with zero attached hydrogens (tertiary/aromatic N) is 3. The number of hydrogen-bond acceptors (Lipinski definition) is 6. The Balaban J connectivity index is 1.38. The third kappa shape index (κ3) is 5.12. The van der Waals surface area contributed by atoms with Gasteiger partial charge in [-0.2, -0.15) is 0 Å². The van der Waals surface area contributed by atoms with Gasteiger partial charge in [0.25, 0.3) is 0 Å². The average Bonchev–Trinajstić information content (AvgIpc) is 3.55. The maximum Gasteiger partial charge on any atom is 0.158 e. The number of ketones is 1. The summed E-state index contributed by atoms with van der Waals surface area (Å²) in [7, 11) is -3.15. The highest BCUT2D eigenvalue weighted by Crippen LogP contribution is 2.30. The van der Waals surface area contributed by atoms with Gasteiger partial charge in [0, 0.05) is 31.2 Å². The first-order valence-electron chi connectivity index (χ1n) is 9.52. The third-order valence-electron chi connectivity index (χ3n) is 4.84. The summed E-state index contributed by atoms with van der Waals surface area (Å²) in [5.74, 6) is -0.0988. The Bertz CT molecular complexity index is 1110. The van der Waals surface area contributed by atoms with E-state index < -0.39 is 9.84 Å². The summed E-state index contributed by atoms with van der Waals surface area (Å²) < 4.78 is 24.3. The molecule has 1 aliphatic carbocycles. The van der Waals surface area contributed by atoms with Gasteiger partial charge in [0.2, 0.25) is 0 Å². The highest BCUT2D eigenvalue weighted by atomic mass is 32.2. The Labute approximate surface area is 170 Å². The van der Waals surface area contributed by atoms with Crippen molar-refractivity contribution in [3.05, 3.63) is 78.1 Å². The van der Waals surface area contributed by atoms with Crippen molar-refractivity contribution in [2.45, 2.75) is 36.7 Å². The van der Waals surface area contributed by atoms with E-state index in [1.807, 2.05) is 36.4 Å². The van der Waals surface area contributed by atoms with E-state index in [-0.39, 0.29) is 23.2 Å². The Morgan fingerprint density at radius 1 is 0.897 bits per heavy atom. The number of carbonyl (C=O) groups is 1. The highest BCUT2D eigenvalue weighted by Gasteiger charge is 2.35. The van der Waals surface area contributed by atoms with Crippen LogP contribution >= 0.6 is 0 Å². The van der Waals surface area contributed by atoms with E-state index in [1.165, 1.54) is 12.4 Å². The van der Waals surface area contributed by atoms with Crippen LogP contribution in [0.3, 0.4) is 0 Å². The summed E-state index contributed by atoms with van der Waals surface area (Å²) in [4.78, 5) is 25.0. The van der Waals surface area contributed by atoms with Crippen LogP contribution in [0.25, 0.3) is 11.1 Å². The van der Waals surface area contributed by atoms with Crippen LogP contribution in [0, 0.1) is 0 Å². The summed E-state index contributed by atoms with van der Waals surface area (Å²) in [6.07, 6.45) is 8.40. The largest absolute Gasteiger partial charge is 0.299 e. The maximum absolute atomic E-state index is 12.5. The zero-order valence-corrected chi connectivity index (χ0v) is 16.7. The minimum atomic E-state index is -3.15. The van der Waals surface area contributed by atoms with Gasteiger partial charge in [0.15, 0.2) is 9.84 Å². The molecule has 29 heavy (non-hydrogen) atoms. The second-order valence-electron chi connectivity index (χ2n) is 7.34. The molecular formula is C22H21N3O3S. The normalized spacial score (nSPS) is 13.9. The molecule has 0 unspecified atom stereocenters. The minimum absolute atomic E-state index is 0.00984. The van der Waals surface area contributed by atoms with Gasteiger partial charge in [-0.1, -0.05) is 30.3 Å². The number of carbonyl (C=O) groups excluding carboxylic acids is 1. The van der Waals surface area contributed by atoms with Crippen molar-refractivity contribution in [3.63, 3.8) is 0 Å². The Morgan fingerprint density at radius 2 is 1.66 bits per heavy atom. The molecule has 1 fully saturated rings. The van der Waals surface area contributed by atoms with Crippen molar-refractivity contribution in [2.24, 2.45) is 0 Å². The number of sulfone groups is 1. The lowest BCUT2D eigenvalue weighted by atomic mass is 10.0. The van der Waals surface area contributed by atoms with Gasteiger partial charge < -0.3 is 0 Å². The second kappa shape index (κ2) is 8.21. The summed E-state index contributed by atoms with van der Waals surface area (Å²) >= 11 is 0. The zero-order valence-electron chi connectivity index (χ0n) is 15.9. The lowest BCUT2D eigenvalue weighted by molar-refractivity contribution is -0.117. The molecule has 0 N–H and O–H groups in total. The van der Waals surface area contributed by atoms with E-state index in [1.54, 1.807) is 12.4 Å². The molecule has 0 bridgehead atoms. The molecule has 2 heterocycles. The van der Waals surface area contributed by atoms with Crippen LogP contribution in [-0.4, -0.2) is 34.4 Å². The van der Waals surface area contributed by atoms with E-state index in [0.29, 0.717) is 17.8 Å². The van der Waals surface area contributed by atoms with E-state index in [2.05, 4.69) is 15.0 Å². The Hall–Kier alpha value is -2.93. The van der Waals surface area contributed by atoms with Crippen molar-refractivity contribution < 1.29 is 13.2 Å². The fourth-order valence-corrected chi connectivity index (χ4v) is 4.84. The van der Waals surface area contributed by atoms with Gasteiger partial charge >= 0.3 is 0 Å². The maximum atomic E-state index is 12.5. The predicted octanol–water partition coefficient (Wildman–Crippen LogP) is 2.97. The van der Waals surface area contributed by atoms with Gasteiger partial charge in [-0.25, -0.2) is 8.42 Å². The smallest absolute Gasteiger partial charge is 0.158 e. The van der Waals surface area contributed by atoms with Crippen LogP contribution in [0.15, 0.2) is 61.2 Å². The van der Waals surface area contributed by atoms with E-state index >= 15 is 0 Å². The highest BCUT2D eigenvalue weighted by molar-refractivity contribution is 7.91. The molecule has 0 saturated heterocycles. The lowest BCUT2D eigenvalue weighted by Gasteiger charge is -2.06. The average molecular weight is 407 g/mol. The number of Topliss-reactive ketones (excluding diaryl/α,β-unsaturated/α-hetero) is 1. The molecular weight excluding hydrogens is 386 g/mol. The van der Waals surface area contributed by atoms with Crippen molar-refractivity contribution >= 4 is 15.6 Å². The fourth-order valence-electron chi connectivity index (χ4n) is 3.20. The molecule has 7 heteroatoms. The predicted molar refractivity (Wildman–Crippen MR) is 110 cm³/mol. The van der Waals surface area contributed by atoms with Gasteiger partial charge in [-0.15, -0.1) is 0 Å². The van der Waals surface area contributed by atoms with Gasteiger partial charge in [0.05, 0.1) is 28.8 Å². The molecule has 1 aliphatic rings. The first-order valence-corrected chi connectivity index (χ1v) is 11.2. The van der Waals surface area contributed by atoms with Crippen molar-refractivity contribution in [1.29, 1.82) is 0 Å². The summed E-state index contributed by atoms with van der Waals surface area (Å²) in [5, 5.41) is -0.232. The SMILES string of the molecule is O=C(Cc1ccc(-c2cccnc2)cc1)Cc1cncc(CS(=O)(=O)C2CC2)n1. The van der Waals surface area contributed by atoms with Crippen molar-refractivity contribution in [3.8, 4) is 11.1 Å². The van der Waals surface area contributed by atoms with Gasteiger partial charge in [-0.3, -0.25) is 19.7 Å². The molecule has 2 aromatic heterocycles. The third-order valence-corrected chi connectivity index (χ3v) is 7.03. The van der Waals surface area contributed by atoms with Crippen LogP contribution in [0.4, 0.5) is 0 Å². The first-order chi connectivity index (χ1) is 14.0. The minimum Gasteiger partial charge on any atom is -0.299 e. The molecule has 0 atom stereocenters. The zero-order chi connectivity index (χ0) is 20.3. The molecule has 6 nitrogen and oxygen atoms in total.